The van der Waals surface area contributed by atoms with Crippen LogP contribution in [0.5, 0.6) is 0 Å². The second kappa shape index (κ2) is 7.15. The maximum atomic E-state index is 12.7. The zero-order valence-corrected chi connectivity index (χ0v) is 15.2. The Bertz CT molecular complexity index is 829. The van der Waals surface area contributed by atoms with Crippen LogP contribution in [0.2, 0.25) is 5.02 Å². The number of hydrogen-bond acceptors (Lipinski definition) is 5. The van der Waals surface area contributed by atoms with Gasteiger partial charge in [-0.05, 0) is 31.4 Å². The molecule has 1 aromatic carbocycles. The van der Waals surface area contributed by atoms with Gasteiger partial charge >= 0.3 is 0 Å². The van der Waals surface area contributed by atoms with E-state index in [1.54, 1.807) is 17.0 Å². The van der Waals surface area contributed by atoms with Crippen LogP contribution in [0.1, 0.15) is 19.3 Å². The fourth-order valence-electron chi connectivity index (χ4n) is 3.59. The van der Waals surface area contributed by atoms with Crippen molar-refractivity contribution in [3.63, 3.8) is 0 Å². The van der Waals surface area contributed by atoms with Crippen molar-refractivity contribution in [1.29, 1.82) is 0 Å². The molecule has 0 saturated carbocycles. The predicted molar refractivity (Wildman–Crippen MR) is 98.2 cm³/mol. The molecule has 2 saturated heterocycles. The van der Waals surface area contributed by atoms with Crippen molar-refractivity contribution in [2.45, 2.75) is 19.3 Å². The third-order valence-electron chi connectivity index (χ3n) is 5.03. The molecule has 1 N–H and O–H groups in total. The largest absolute Gasteiger partial charge is 0.423 e. The highest BCUT2D eigenvalue weighted by Gasteiger charge is 2.31. The minimum Gasteiger partial charge on any atom is -0.423 e. The summed E-state index contributed by atoms with van der Waals surface area (Å²) in [4.78, 5) is 32.7. The number of rotatable bonds is 2. The molecule has 0 radical (unpaired) electrons. The molecule has 2 aliphatic heterocycles. The SMILES string of the molecule is O=C1CN(C(=O)C2CCN(c3nc4ccc(Cl)cc4o3)CC2)CCCN1. The first-order chi connectivity index (χ1) is 12.6. The van der Waals surface area contributed by atoms with E-state index in [9.17, 15) is 9.59 Å². The Labute approximate surface area is 156 Å². The van der Waals surface area contributed by atoms with Crippen molar-refractivity contribution in [2.24, 2.45) is 5.92 Å². The maximum Gasteiger partial charge on any atom is 0.298 e. The van der Waals surface area contributed by atoms with Crippen molar-refractivity contribution in [2.75, 3.05) is 37.6 Å². The topological polar surface area (TPSA) is 78.7 Å². The van der Waals surface area contributed by atoms with E-state index in [0.29, 0.717) is 42.8 Å². The zero-order valence-electron chi connectivity index (χ0n) is 14.4. The lowest BCUT2D eigenvalue weighted by Gasteiger charge is -2.32. The fourth-order valence-corrected chi connectivity index (χ4v) is 3.75. The van der Waals surface area contributed by atoms with E-state index < -0.39 is 0 Å². The lowest BCUT2D eigenvalue weighted by atomic mass is 9.95. The third kappa shape index (κ3) is 3.49. The Hall–Kier alpha value is -2.28. The Morgan fingerprint density at radius 2 is 2.08 bits per heavy atom. The van der Waals surface area contributed by atoms with Crippen LogP contribution in [0.15, 0.2) is 22.6 Å². The number of oxazole rings is 1. The van der Waals surface area contributed by atoms with E-state index >= 15 is 0 Å². The van der Waals surface area contributed by atoms with Crippen molar-refractivity contribution in [1.82, 2.24) is 15.2 Å². The van der Waals surface area contributed by atoms with Gasteiger partial charge in [0.2, 0.25) is 11.8 Å². The molecule has 7 nitrogen and oxygen atoms in total. The summed E-state index contributed by atoms with van der Waals surface area (Å²) >= 11 is 5.99. The summed E-state index contributed by atoms with van der Waals surface area (Å²) in [6, 6.07) is 5.96. The van der Waals surface area contributed by atoms with Crippen LogP contribution in [0.25, 0.3) is 11.1 Å². The lowest BCUT2D eigenvalue weighted by Crippen LogP contribution is -2.44. The molecule has 0 bridgehead atoms. The first kappa shape index (κ1) is 17.1. The molecule has 3 heterocycles. The van der Waals surface area contributed by atoms with Gasteiger partial charge in [-0.25, -0.2) is 0 Å². The van der Waals surface area contributed by atoms with Gasteiger partial charge in [-0.3, -0.25) is 9.59 Å². The van der Waals surface area contributed by atoms with Gasteiger partial charge in [-0.2, -0.15) is 4.98 Å². The quantitative estimate of drug-likeness (QED) is 0.867. The number of nitrogens with one attached hydrogen (secondary N) is 1. The maximum absolute atomic E-state index is 12.7. The summed E-state index contributed by atoms with van der Waals surface area (Å²) in [5.41, 5.74) is 1.44. The Kier molecular flexibility index (Phi) is 4.72. The molecule has 0 spiro atoms. The van der Waals surface area contributed by atoms with E-state index in [0.717, 1.165) is 24.8 Å². The van der Waals surface area contributed by atoms with Crippen LogP contribution in [0.4, 0.5) is 6.01 Å². The van der Waals surface area contributed by atoms with Gasteiger partial charge in [0.05, 0.1) is 6.54 Å². The normalized spacial score (nSPS) is 19.5. The minimum atomic E-state index is -0.0709. The number of carbonyl (C=O) groups is 2. The number of hydrogen-bond donors (Lipinski definition) is 1. The molecule has 2 fully saturated rings. The third-order valence-corrected chi connectivity index (χ3v) is 5.26. The first-order valence-corrected chi connectivity index (χ1v) is 9.34. The summed E-state index contributed by atoms with van der Waals surface area (Å²) in [5.74, 6) is -0.0274. The second-order valence-corrected chi connectivity index (χ2v) is 7.27. The van der Waals surface area contributed by atoms with E-state index in [-0.39, 0.29) is 24.3 Å². The van der Waals surface area contributed by atoms with Crippen molar-refractivity contribution in [3.8, 4) is 0 Å². The van der Waals surface area contributed by atoms with Crippen molar-refractivity contribution < 1.29 is 14.0 Å². The monoisotopic (exact) mass is 376 g/mol. The van der Waals surface area contributed by atoms with Crippen LogP contribution in [-0.2, 0) is 9.59 Å². The number of aromatic nitrogens is 1. The summed E-state index contributed by atoms with van der Waals surface area (Å²) in [7, 11) is 0. The Morgan fingerprint density at radius 1 is 1.27 bits per heavy atom. The number of piperidine rings is 1. The van der Waals surface area contributed by atoms with Crippen molar-refractivity contribution in [3.05, 3.63) is 23.2 Å². The molecule has 138 valence electrons. The van der Waals surface area contributed by atoms with Crippen LogP contribution in [0.3, 0.4) is 0 Å². The summed E-state index contributed by atoms with van der Waals surface area (Å²) in [6.45, 7) is 2.87. The number of amides is 2. The first-order valence-electron chi connectivity index (χ1n) is 8.97. The highest BCUT2D eigenvalue weighted by Crippen LogP contribution is 2.28. The summed E-state index contributed by atoms with van der Waals surface area (Å²) < 4.78 is 5.81. The van der Waals surface area contributed by atoms with E-state index in [4.69, 9.17) is 16.0 Å². The van der Waals surface area contributed by atoms with Gasteiger partial charge in [0, 0.05) is 43.2 Å². The number of nitrogens with zero attached hydrogens (tertiary/aromatic N) is 3. The Morgan fingerprint density at radius 3 is 2.88 bits per heavy atom. The van der Waals surface area contributed by atoms with Gasteiger partial charge in [-0.15, -0.1) is 0 Å². The van der Waals surface area contributed by atoms with Crippen LogP contribution in [-0.4, -0.2) is 54.4 Å². The fraction of sp³-hybridized carbons (Fsp3) is 0.500. The molecule has 2 amide bonds. The lowest BCUT2D eigenvalue weighted by molar-refractivity contribution is -0.139. The van der Waals surface area contributed by atoms with E-state index in [1.165, 1.54) is 0 Å². The van der Waals surface area contributed by atoms with Gasteiger partial charge < -0.3 is 19.5 Å². The molecule has 1 aromatic heterocycles. The van der Waals surface area contributed by atoms with Crippen LogP contribution < -0.4 is 10.2 Å². The van der Waals surface area contributed by atoms with E-state index in [2.05, 4.69) is 15.2 Å². The molecular weight excluding hydrogens is 356 g/mol. The average Bonchev–Trinajstić information content (AvgIpc) is 2.94. The smallest absolute Gasteiger partial charge is 0.298 e. The predicted octanol–water partition coefficient (Wildman–Crippen LogP) is 2.05. The molecule has 8 heteroatoms. The van der Waals surface area contributed by atoms with Gasteiger partial charge in [0.15, 0.2) is 5.58 Å². The molecule has 2 aliphatic rings. The highest BCUT2D eigenvalue weighted by molar-refractivity contribution is 6.31. The van der Waals surface area contributed by atoms with Crippen molar-refractivity contribution >= 4 is 40.5 Å². The van der Waals surface area contributed by atoms with Gasteiger partial charge in [0.25, 0.3) is 6.01 Å². The summed E-state index contributed by atoms with van der Waals surface area (Å²) in [5, 5.41) is 3.42. The molecule has 26 heavy (non-hydrogen) atoms. The molecule has 0 atom stereocenters. The number of halogens is 1. The number of fused-ring (bicyclic) bond motifs is 1. The molecule has 4 rings (SSSR count). The number of benzene rings is 1. The molecular formula is C18H21ClN4O3. The van der Waals surface area contributed by atoms with Gasteiger partial charge in [0.1, 0.15) is 5.52 Å². The molecule has 0 unspecified atom stereocenters. The average molecular weight is 377 g/mol. The zero-order chi connectivity index (χ0) is 18.1. The standard InChI is InChI=1S/C18H21ClN4O3/c19-13-2-3-14-15(10-13)26-18(21-14)22-8-4-12(5-9-22)17(25)23-7-1-6-20-16(24)11-23/h2-3,10,12H,1,4-9,11H2,(H,20,24). The minimum absolute atomic E-state index is 0.0454. The van der Waals surface area contributed by atoms with E-state index in [1.807, 2.05) is 6.07 Å². The van der Waals surface area contributed by atoms with Crippen LogP contribution >= 0.6 is 11.6 Å². The molecule has 2 aromatic rings. The molecule has 0 aliphatic carbocycles. The second-order valence-electron chi connectivity index (χ2n) is 6.83. The number of carbonyl (C=O) groups excluding carboxylic acids is 2. The summed E-state index contributed by atoms with van der Waals surface area (Å²) in [6.07, 6.45) is 2.27. The van der Waals surface area contributed by atoms with Gasteiger partial charge in [-0.1, -0.05) is 11.6 Å². The number of anilines is 1. The Balaban J connectivity index is 1.39. The van der Waals surface area contributed by atoms with Crippen LogP contribution in [0, 0.1) is 5.92 Å². The highest BCUT2D eigenvalue weighted by atomic mass is 35.5.